The molecule has 3 aromatic rings. The molecule has 11 nitrogen and oxygen atoms in total. The molecule has 5 atom stereocenters. The van der Waals surface area contributed by atoms with E-state index >= 15 is 0 Å². The minimum atomic E-state index is -4.27. The van der Waals surface area contributed by atoms with E-state index in [9.17, 15) is 18.3 Å². The van der Waals surface area contributed by atoms with Crippen molar-refractivity contribution in [3.63, 3.8) is 0 Å². The first-order valence-electron chi connectivity index (χ1n) is 16.7. The summed E-state index contributed by atoms with van der Waals surface area (Å²) in [5.41, 5.74) is 1.80. The summed E-state index contributed by atoms with van der Waals surface area (Å²) in [5.74, 6) is 0.334. The number of sulfonamides is 1. The quantitative estimate of drug-likeness (QED) is 0.226. The highest BCUT2D eigenvalue weighted by atomic mass is 32.2. The van der Waals surface area contributed by atoms with Gasteiger partial charge in [0.05, 0.1) is 48.8 Å². The van der Waals surface area contributed by atoms with Crippen LogP contribution in [0.1, 0.15) is 49.7 Å². The predicted octanol–water partition coefficient (Wildman–Crippen LogP) is 4.98. The number of amides is 1. The van der Waals surface area contributed by atoms with Gasteiger partial charge in [0, 0.05) is 6.07 Å². The van der Waals surface area contributed by atoms with Crippen LogP contribution in [0.2, 0.25) is 0 Å². The van der Waals surface area contributed by atoms with Crippen molar-refractivity contribution in [2.75, 3.05) is 19.8 Å². The van der Waals surface area contributed by atoms with E-state index in [1.165, 1.54) is 12.1 Å². The van der Waals surface area contributed by atoms with Gasteiger partial charge in [-0.15, -0.1) is 0 Å². The summed E-state index contributed by atoms with van der Waals surface area (Å²) < 4.78 is 52.1. The van der Waals surface area contributed by atoms with E-state index < -0.39 is 40.9 Å². The van der Waals surface area contributed by atoms with Gasteiger partial charge in [-0.1, -0.05) is 90.5 Å². The Hall–Kier alpha value is -3.52. The van der Waals surface area contributed by atoms with Crippen LogP contribution in [0.15, 0.2) is 89.8 Å². The average Bonchev–Trinajstić information content (AvgIpc) is 3.73. The Kier molecular flexibility index (Phi) is 11.6. The lowest BCUT2D eigenvalue weighted by Crippen LogP contribution is -2.51. The highest BCUT2D eigenvalue weighted by molar-refractivity contribution is 7.89. The van der Waals surface area contributed by atoms with Crippen LogP contribution in [0, 0.1) is 5.92 Å². The van der Waals surface area contributed by atoms with Crippen LogP contribution >= 0.6 is 0 Å². The molecule has 0 aromatic heterocycles. The number of benzene rings is 3. The monoisotopic (exact) mass is 680 g/mol. The van der Waals surface area contributed by atoms with E-state index in [2.05, 4.69) is 5.32 Å². The Morgan fingerprint density at radius 2 is 1.65 bits per heavy atom. The zero-order chi connectivity index (χ0) is 33.3. The van der Waals surface area contributed by atoms with Crippen molar-refractivity contribution in [3.8, 4) is 5.75 Å². The van der Waals surface area contributed by atoms with E-state index in [0.717, 1.165) is 41.3 Å². The Labute approximate surface area is 282 Å². The van der Waals surface area contributed by atoms with Crippen molar-refractivity contribution in [2.45, 2.75) is 87.1 Å². The molecule has 1 aliphatic carbocycles. The normalized spacial score (nSPS) is 22.6. The molecule has 6 rings (SSSR count). The fourth-order valence-corrected chi connectivity index (χ4v) is 7.75. The van der Waals surface area contributed by atoms with Crippen LogP contribution in [-0.4, -0.2) is 74.5 Å². The lowest BCUT2D eigenvalue weighted by molar-refractivity contribution is -0.156. The number of hydrogen-bond donors (Lipinski definition) is 2. The first-order valence-corrected chi connectivity index (χ1v) is 18.2. The molecule has 1 amide bonds. The second-order valence-electron chi connectivity index (χ2n) is 12.6. The van der Waals surface area contributed by atoms with Crippen LogP contribution in [0.5, 0.6) is 5.75 Å². The van der Waals surface area contributed by atoms with Gasteiger partial charge >= 0.3 is 6.09 Å². The van der Waals surface area contributed by atoms with Crippen molar-refractivity contribution < 1.29 is 42.1 Å². The fraction of sp³-hybridized carbons (Fsp3) is 0.472. The number of rotatable bonds is 14. The predicted molar refractivity (Wildman–Crippen MR) is 176 cm³/mol. The third-order valence-electron chi connectivity index (χ3n) is 9.08. The lowest BCUT2D eigenvalue weighted by atomic mass is 9.98. The summed E-state index contributed by atoms with van der Waals surface area (Å²) in [5, 5.41) is 14.5. The molecule has 2 heterocycles. The molecule has 3 aliphatic rings. The highest BCUT2D eigenvalue weighted by Gasteiger charge is 2.44. The maximum absolute atomic E-state index is 14.2. The fourth-order valence-electron chi connectivity index (χ4n) is 6.42. The third-order valence-corrected chi connectivity index (χ3v) is 10.7. The Balaban J connectivity index is 1.20. The smallest absolute Gasteiger partial charge is 0.407 e. The van der Waals surface area contributed by atoms with E-state index in [1.807, 2.05) is 60.7 Å². The molecule has 2 aliphatic heterocycles. The number of alkyl carbamates (subject to hydrolysis) is 1. The molecule has 258 valence electrons. The van der Waals surface area contributed by atoms with Crippen molar-refractivity contribution in [1.82, 2.24) is 9.79 Å². The molecular weight excluding hydrogens is 636 g/mol. The molecule has 3 aromatic carbocycles. The van der Waals surface area contributed by atoms with Gasteiger partial charge in [-0.25, -0.2) is 13.2 Å². The van der Waals surface area contributed by atoms with Crippen LogP contribution in [-0.2, 0) is 42.1 Å². The molecular formula is C36H44N2O9S. The third kappa shape index (κ3) is 8.93. The van der Waals surface area contributed by atoms with E-state index in [1.54, 1.807) is 12.1 Å². The number of ether oxygens (including phenoxy) is 4. The molecule has 1 saturated carbocycles. The van der Waals surface area contributed by atoms with Gasteiger partial charge in [0.2, 0.25) is 0 Å². The van der Waals surface area contributed by atoms with Gasteiger partial charge in [0.1, 0.15) is 18.5 Å². The Bertz CT molecular complexity index is 1570. The van der Waals surface area contributed by atoms with Crippen LogP contribution in [0.25, 0.3) is 0 Å². The van der Waals surface area contributed by atoms with Crippen LogP contribution < -0.4 is 10.1 Å². The summed E-state index contributed by atoms with van der Waals surface area (Å²) in [6.07, 6.45) is 2.01. The molecule has 0 bridgehead atoms. The first-order chi connectivity index (χ1) is 23.3. The van der Waals surface area contributed by atoms with Gasteiger partial charge in [0.25, 0.3) is 10.0 Å². The number of nitrogens with zero attached hydrogens (tertiary/aromatic N) is 1. The maximum atomic E-state index is 14.2. The number of carbonyl (C=O) groups excluding carboxylic acids is 1. The highest BCUT2D eigenvalue weighted by Crippen LogP contribution is 2.33. The number of fused-ring (bicyclic) bond motifs is 1. The van der Waals surface area contributed by atoms with Crippen molar-refractivity contribution in [2.24, 2.45) is 5.92 Å². The minimum absolute atomic E-state index is 0.0300. The molecule has 0 radical (unpaired) electrons. The second-order valence-corrected chi connectivity index (χ2v) is 14.4. The Morgan fingerprint density at radius 1 is 0.917 bits per heavy atom. The number of aliphatic hydroxyl groups is 1. The number of nitrogens with one attached hydrogen (secondary N) is 1. The van der Waals surface area contributed by atoms with Gasteiger partial charge in [-0.05, 0) is 48.9 Å². The van der Waals surface area contributed by atoms with Gasteiger partial charge in [-0.3, -0.25) is 4.84 Å². The van der Waals surface area contributed by atoms with Gasteiger partial charge < -0.3 is 29.4 Å². The number of carbonyl (C=O) groups is 1. The summed E-state index contributed by atoms with van der Waals surface area (Å²) >= 11 is 0. The molecule has 3 fully saturated rings. The lowest BCUT2D eigenvalue weighted by Gasteiger charge is -2.32. The standard InChI is InChI=1S/C36H44N2O9S/c39-33(32(21-26-11-4-1-5-12-26)37-36(40)46-34-25-45-35-31(34)19-20-43-35)23-38(47-28-15-8-3-9-16-28)48(41,42)30-18-10-17-29(22-30)44-24-27-13-6-2-7-14-27/h1-2,4-7,10-14,17-18,22,28,31-35,39H,3,8-9,15-16,19-21,23-25H2,(H,37,40)/t31-,32-,33+,34-,35+/m0/s1. The molecule has 48 heavy (non-hydrogen) atoms. The minimum Gasteiger partial charge on any atom is -0.489 e. The van der Waals surface area contributed by atoms with E-state index in [4.69, 9.17) is 23.8 Å². The van der Waals surface area contributed by atoms with E-state index in [-0.39, 0.29) is 42.8 Å². The molecule has 12 heteroatoms. The SMILES string of the molecule is O=C(N[C@@H](Cc1ccccc1)[C@H](O)CN(OC1CCCCC1)S(=O)(=O)c1cccc(OCc2ccccc2)c1)O[C@H]1CO[C@H]2OCC[C@H]21. The largest absolute Gasteiger partial charge is 0.489 e. The van der Waals surface area contributed by atoms with Crippen molar-refractivity contribution in [3.05, 3.63) is 96.1 Å². The van der Waals surface area contributed by atoms with Crippen LogP contribution in [0.3, 0.4) is 0 Å². The average molecular weight is 681 g/mol. The molecule has 2 N–H and O–H groups in total. The zero-order valence-electron chi connectivity index (χ0n) is 26.9. The Morgan fingerprint density at radius 3 is 2.40 bits per heavy atom. The van der Waals surface area contributed by atoms with E-state index in [0.29, 0.717) is 25.2 Å². The number of aliphatic hydroxyl groups excluding tert-OH is 1. The molecule has 0 unspecified atom stereocenters. The van der Waals surface area contributed by atoms with Gasteiger partial charge in [-0.2, -0.15) is 0 Å². The molecule has 2 saturated heterocycles. The topological polar surface area (TPSA) is 133 Å². The van der Waals surface area contributed by atoms with Crippen molar-refractivity contribution in [1.29, 1.82) is 0 Å². The summed E-state index contributed by atoms with van der Waals surface area (Å²) in [6.45, 7) is 0.621. The zero-order valence-corrected chi connectivity index (χ0v) is 27.7. The van der Waals surface area contributed by atoms with Crippen molar-refractivity contribution >= 4 is 16.1 Å². The number of hydroxylamine groups is 1. The summed E-state index contributed by atoms with van der Waals surface area (Å²) in [7, 11) is -4.27. The van der Waals surface area contributed by atoms with Gasteiger partial charge in [0.15, 0.2) is 6.29 Å². The number of hydrogen-bond acceptors (Lipinski definition) is 9. The second kappa shape index (κ2) is 16.3. The maximum Gasteiger partial charge on any atom is 0.407 e. The summed E-state index contributed by atoms with van der Waals surface area (Å²) in [4.78, 5) is 19.3. The summed E-state index contributed by atoms with van der Waals surface area (Å²) in [6, 6.07) is 24.3. The molecule has 0 spiro atoms. The first kappa shape index (κ1) is 34.3. The van der Waals surface area contributed by atoms with Crippen LogP contribution in [0.4, 0.5) is 4.79 Å².